The molecule has 0 aliphatic carbocycles. The molecule has 3 rings (SSSR count). The van der Waals surface area contributed by atoms with Gasteiger partial charge in [-0.2, -0.15) is 9.61 Å². The quantitative estimate of drug-likeness (QED) is 0.764. The van der Waals surface area contributed by atoms with Gasteiger partial charge in [0.05, 0.1) is 5.69 Å². The molecule has 2 N–H and O–H groups in total. The minimum absolute atomic E-state index is 0.249. The van der Waals surface area contributed by atoms with E-state index in [1.54, 1.807) is 22.8 Å². The first-order valence-corrected chi connectivity index (χ1v) is 6.15. The van der Waals surface area contributed by atoms with Crippen LogP contribution in [0, 0.1) is 5.82 Å². The minimum atomic E-state index is -0.339. The maximum Gasteiger partial charge on any atom is 0.274 e. The summed E-state index contributed by atoms with van der Waals surface area (Å²) >= 11 is 0. The zero-order valence-corrected chi connectivity index (χ0v) is 10.9. The Bertz CT molecular complexity index is 850. The smallest absolute Gasteiger partial charge is 0.274 e. The molecule has 6 heteroatoms. The van der Waals surface area contributed by atoms with E-state index in [2.05, 4.69) is 5.10 Å². The SMILES string of the molecule is Cn1c(CN)cc(=O)n2nc(-c3cccc(F)c3)cc12. The van der Waals surface area contributed by atoms with Crippen molar-refractivity contribution in [3.05, 3.63) is 58.3 Å². The molecule has 5 nitrogen and oxygen atoms in total. The monoisotopic (exact) mass is 272 g/mol. The number of rotatable bonds is 2. The topological polar surface area (TPSA) is 65.3 Å². The zero-order valence-electron chi connectivity index (χ0n) is 10.9. The standard InChI is InChI=1S/C14H13FN4O/c1-18-11(8-16)6-14(20)19-13(18)7-12(17-19)9-3-2-4-10(15)5-9/h2-7H,8,16H2,1H3. The van der Waals surface area contributed by atoms with Crippen LogP contribution in [0.1, 0.15) is 5.69 Å². The predicted octanol–water partition coefficient (Wildman–Crippen LogP) is 1.30. The van der Waals surface area contributed by atoms with Gasteiger partial charge in [0.15, 0.2) is 0 Å². The Kier molecular flexibility index (Phi) is 2.87. The van der Waals surface area contributed by atoms with Crippen LogP contribution < -0.4 is 11.3 Å². The van der Waals surface area contributed by atoms with Crippen molar-refractivity contribution in [1.29, 1.82) is 0 Å². The highest BCUT2D eigenvalue weighted by Gasteiger charge is 2.11. The van der Waals surface area contributed by atoms with Crippen LogP contribution in [0.2, 0.25) is 0 Å². The van der Waals surface area contributed by atoms with Crippen molar-refractivity contribution in [2.24, 2.45) is 12.8 Å². The average Bonchev–Trinajstić information content (AvgIpc) is 2.89. The van der Waals surface area contributed by atoms with Crippen LogP contribution in [0.15, 0.2) is 41.2 Å². The minimum Gasteiger partial charge on any atom is -0.331 e. The highest BCUT2D eigenvalue weighted by molar-refractivity contribution is 5.64. The number of nitrogens with two attached hydrogens (primary N) is 1. The van der Waals surface area contributed by atoms with E-state index in [1.807, 2.05) is 7.05 Å². The van der Waals surface area contributed by atoms with Crippen LogP contribution in [0.4, 0.5) is 4.39 Å². The van der Waals surface area contributed by atoms with Crippen molar-refractivity contribution in [1.82, 2.24) is 14.2 Å². The Balaban J connectivity index is 2.28. The maximum atomic E-state index is 13.3. The van der Waals surface area contributed by atoms with Gasteiger partial charge in [0.1, 0.15) is 11.5 Å². The molecule has 2 aromatic heterocycles. The van der Waals surface area contributed by atoms with E-state index < -0.39 is 0 Å². The highest BCUT2D eigenvalue weighted by atomic mass is 19.1. The lowest BCUT2D eigenvalue weighted by atomic mass is 10.1. The summed E-state index contributed by atoms with van der Waals surface area (Å²) in [6, 6.07) is 9.31. The maximum absolute atomic E-state index is 13.3. The van der Waals surface area contributed by atoms with E-state index in [0.717, 1.165) is 0 Å². The lowest BCUT2D eigenvalue weighted by Gasteiger charge is -2.07. The summed E-state index contributed by atoms with van der Waals surface area (Å²) in [4.78, 5) is 12.0. The Morgan fingerprint density at radius 1 is 1.30 bits per heavy atom. The van der Waals surface area contributed by atoms with E-state index in [1.165, 1.54) is 22.7 Å². The van der Waals surface area contributed by atoms with Gasteiger partial charge in [-0.3, -0.25) is 4.79 Å². The Hall–Kier alpha value is -2.47. The van der Waals surface area contributed by atoms with E-state index in [9.17, 15) is 9.18 Å². The number of hydrogen-bond acceptors (Lipinski definition) is 3. The van der Waals surface area contributed by atoms with Gasteiger partial charge >= 0.3 is 0 Å². The van der Waals surface area contributed by atoms with Crippen molar-refractivity contribution in [3.8, 4) is 11.3 Å². The van der Waals surface area contributed by atoms with E-state index in [0.29, 0.717) is 22.6 Å². The molecule has 3 aromatic rings. The number of aromatic nitrogens is 3. The molecular formula is C14H13FN4O. The third-order valence-electron chi connectivity index (χ3n) is 3.29. The molecule has 0 bridgehead atoms. The van der Waals surface area contributed by atoms with Gasteiger partial charge in [-0.25, -0.2) is 4.39 Å². The molecule has 0 saturated heterocycles. The first-order chi connectivity index (χ1) is 9.60. The average molecular weight is 272 g/mol. The van der Waals surface area contributed by atoms with Crippen molar-refractivity contribution in [2.75, 3.05) is 0 Å². The molecule has 2 heterocycles. The van der Waals surface area contributed by atoms with Crippen LogP contribution in [0.25, 0.3) is 16.9 Å². The summed E-state index contributed by atoms with van der Waals surface area (Å²) in [5, 5.41) is 4.24. The molecule has 0 amide bonds. The van der Waals surface area contributed by atoms with Gasteiger partial charge in [-0.15, -0.1) is 0 Å². The summed E-state index contributed by atoms with van der Waals surface area (Å²) in [7, 11) is 1.81. The Morgan fingerprint density at radius 3 is 2.80 bits per heavy atom. The van der Waals surface area contributed by atoms with Gasteiger partial charge in [-0.1, -0.05) is 12.1 Å². The summed E-state index contributed by atoms with van der Waals surface area (Å²) in [6.07, 6.45) is 0. The number of fused-ring (bicyclic) bond motifs is 1. The normalized spacial score (nSPS) is 11.2. The molecule has 0 saturated carbocycles. The largest absolute Gasteiger partial charge is 0.331 e. The molecule has 0 unspecified atom stereocenters. The number of halogens is 1. The van der Waals surface area contributed by atoms with Crippen molar-refractivity contribution < 1.29 is 4.39 Å². The van der Waals surface area contributed by atoms with Crippen LogP contribution in [-0.4, -0.2) is 14.2 Å². The summed E-state index contributed by atoms with van der Waals surface area (Å²) in [5.74, 6) is -0.339. The lowest BCUT2D eigenvalue weighted by molar-refractivity contribution is 0.628. The van der Waals surface area contributed by atoms with Crippen molar-refractivity contribution in [2.45, 2.75) is 6.54 Å². The fourth-order valence-corrected chi connectivity index (χ4v) is 2.20. The summed E-state index contributed by atoms with van der Waals surface area (Å²) in [6.45, 7) is 0.267. The van der Waals surface area contributed by atoms with E-state index >= 15 is 0 Å². The number of hydrogen-bond donors (Lipinski definition) is 1. The molecule has 0 spiro atoms. The van der Waals surface area contributed by atoms with Gasteiger partial charge < -0.3 is 10.3 Å². The zero-order chi connectivity index (χ0) is 14.3. The van der Waals surface area contributed by atoms with E-state index in [-0.39, 0.29) is 17.9 Å². The lowest BCUT2D eigenvalue weighted by Crippen LogP contribution is -2.21. The fourth-order valence-electron chi connectivity index (χ4n) is 2.20. The van der Waals surface area contributed by atoms with Gasteiger partial charge in [0, 0.05) is 37.0 Å². The molecule has 20 heavy (non-hydrogen) atoms. The third-order valence-corrected chi connectivity index (χ3v) is 3.29. The molecule has 0 fully saturated rings. The summed E-state index contributed by atoms with van der Waals surface area (Å²) < 4.78 is 16.4. The highest BCUT2D eigenvalue weighted by Crippen LogP contribution is 2.20. The van der Waals surface area contributed by atoms with Gasteiger partial charge in [-0.05, 0) is 12.1 Å². The molecule has 0 aliphatic rings. The fraction of sp³-hybridized carbons (Fsp3) is 0.143. The number of nitrogens with zero attached hydrogens (tertiary/aromatic N) is 3. The van der Waals surface area contributed by atoms with E-state index in [4.69, 9.17) is 5.73 Å². The van der Waals surface area contributed by atoms with Crippen LogP contribution in [-0.2, 0) is 13.6 Å². The first-order valence-electron chi connectivity index (χ1n) is 6.15. The Labute approximate surface area is 114 Å². The molecule has 0 atom stereocenters. The van der Waals surface area contributed by atoms with Crippen LogP contribution >= 0.6 is 0 Å². The summed E-state index contributed by atoms with van der Waals surface area (Å²) in [5.41, 5.74) is 7.87. The van der Waals surface area contributed by atoms with Crippen LogP contribution in [0.3, 0.4) is 0 Å². The van der Waals surface area contributed by atoms with Crippen molar-refractivity contribution in [3.63, 3.8) is 0 Å². The molecule has 0 radical (unpaired) electrons. The van der Waals surface area contributed by atoms with Gasteiger partial charge in [0.2, 0.25) is 0 Å². The van der Waals surface area contributed by atoms with Gasteiger partial charge in [0.25, 0.3) is 5.56 Å². The third kappa shape index (κ3) is 1.90. The number of benzene rings is 1. The number of aryl methyl sites for hydroxylation is 1. The predicted molar refractivity (Wildman–Crippen MR) is 73.7 cm³/mol. The second-order valence-electron chi connectivity index (χ2n) is 4.55. The molecular weight excluding hydrogens is 259 g/mol. The first kappa shape index (κ1) is 12.6. The molecule has 0 aliphatic heterocycles. The Morgan fingerprint density at radius 2 is 2.10 bits per heavy atom. The molecule has 102 valence electrons. The second-order valence-corrected chi connectivity index (χ2v) is 4.55. The van der Waals surface area contributed by atoms with Crippen LogP contribution in [0.5, 0.6) is 0 Å². The second kappa shape index (κ2) is 4.57. The van der Waals surface area contributed by atoms with Crippen molar-refractivity contribution >= 4 is 5.65 Å². The molecule has 1 aromatic carbocycles.